The van der Waals surface area contributed by atoms with Crippen molar-refractivity contribution in [1.82, 2.24) is 4.57 Å². The summed E-state index contributed by atoms with van der Waals surface area (Å²) in [5.41, 5.74) is 3.16. The average Bonchev–Trinajstić information content (AvgIpc) is 3.16. The lowest BCUT2D eigenvalue weighted by molar-refractivity contribution is -0.131. The summed E-state index contributed by atoms with van der Waals surface area (Å²) in [6, 6.07) is 11.3. The summed E-state index contributed by atoms with van der Waals surface area (Å²) in [7, 11) is 0. The SMILES string of the molecule is CCn1cc(C=C2Oc3c(ccc(OC(C)=O)c3C)C2=O)c2ccccc21. The van der Waals surface area contributed by atoms with Gasteiger partial charge in [0.05, 0.1) is 5.56 Å². The van der Waals surface area contributed by atoms with Gasteiger partial charge in [0.15, 0.2) is 5.76 Å². The van der Waals surface area contributed by atoms with Gasteiger partial charge in [-0.25, -0.2) is 0 Å². The van der Waals surface area contributed by atoms with Crippen LogP contribution < -0.4 is 9.47 Å². The van der Waals surface area contributed by atoms with Gasteiger partial charge in [0.1, 0.15) is 11.5 Å². The summed E-state index contributed by atoms with van der Waals surface area (Å²) in [5, 5.41) is 1.07. The number of para-hydroxylation sites is 1. The van der Waals surface area contributed by atoms with Crippen molar-refractivity contribution in [1.29, 1.82) is 0 Å². The third-order valence-electron chi connectivity index (χ3n) is 4.74. The van der Waals surface area contributed by atoms with E-state index in [0.29, 0.717) is 22.6 Å². The summed E-state index contributed by atoms with van der Waals surface area (Å²) in [4.78, 5) is 24.0. The molecule has 0 fully saturated rings. The molecule has 0 aliphatic carbocycles. The van der Waals surface area contributed by atoms with Gasteiger partial charge in [-0.15, -0.1) is 0 Å². The highest BCUT2D eigenvalue weighted by molar-refractivity contribution is 6.15. The predicted molar refractivity (Wildman–Crippen MR) is 103 cm³/mol. The van der Waals surface area contributed by atoms with Crippen LogP contribution in [0.15, 0.2) is 48.4 Å². The van der Waals surface area contributed by atoms with Gasteiger partial charge in [-0.1, -0.05) is 18.2 Å². The Labute approximate surface area is 156 Å². The number of hydrogen-bond donors (Lipinski definition) is 0. The van der Waals surface area contributed by atoms with Gasteiger partial charge in [-0.3, -0.25) is 9.59 Å². The maximum absolute atomic E-state index is 12.8. The van der Waals surface area contributed by atoms with Gasteiger partial charge < -0.3 is 14.0 Å². The molecule has 27 heavy (non-hydrogen) atoms. The molecule has 0 N–H and O–H groups in total. The standard InChI is InChI=1S/C22H19NO4/c1-4-23-12-15(16-7-5-6-8-18(16)23)11-20-21(25)17-9-10-19(26-14(3)24)13(2)22(17)27-20/h5-12H,4H2,1-3H3. The van der Waals surface area contributed by atoms with Crippen LogP contribution in [0.4, 0.5) is 0 Å². The average molecular weight is 361 g/mol. The molecule has 136 valence electrons. The summed E-state index contributed by atoms with van der Waals surface area (Å²) in [5.74, 6) is 0.538. The Morgan fingerprint density at radius 3 is 2.74 bits per heavy atom. The van der Waals surface area contributed by atoms with Crippen molar-refractivity contribution < 1.29 is 19.1 Å². The Morgan fingerprint density at radius 1 is 1.22 bits per heavy atom. The number of esters is 1. The molecule has 0 atom stereocenters. The number of benzene rings is 2. The summed E-state index contributed by atoms with van der Waals surface area (Å²) >= 11 is 0. The van der Waals surface area contributed by atoms with Crippen molar-refractivity contribution in [3.63, 3.8) is 0 Å². The quantitative estimate of drug-likeness (QED) is 0.391. The maximum atomic E-state index is 12.8. The van der Waals surface area contributed by atoms with Gasteiger partial charge >= 0.3 is 5.97 Å². The zero-order chi connectivity index (χ0) is 19.1. The summed E-state index contributed by atoms with van der Waals surface area (Å²) < 4.78 is 13.2. The first-order chi connectivity index (χ1) is 13.0. The lowest BCUT2D eigenvalue weighted by Gasteiger charge is -2.08. The smallest absolute Gasteiger partial charge is 0.308 e. The molecule has 0 bridgehead atoms. The van der Waals surface area contributed by atoms with E-state index in [9.17, 15) is 9.59 Å². The number of nitrogens with zero attached hydrogens (tertiary/aromatic N) is 1. The van der Waals surface area contributed by atoms with E-state index in [1.54, 1.807) is 25.1 Å². The van der Waals surface area contributed by atoms with Crippen molar-refractivity contribution in [3.8, 4) is 11.5 Å². The number of hydrogen-bond acceptors (Lipinski definition) is 4. The van der Waals surface area contributed by atoms with Crippen LogP contribution in [0.3, 0.4) is 0 Å². The number of ether oxygens (including phenoxy) is 2. The molecule has 2 aromatic carbocycles. The molecule has 0 saturated carbocycles. The highest BCUT2D eigenvalue weighted by Crippen LogP contribution is 2.39. The molecule has 2 heterocycles. The second-order valence-corrected chi connectivity index (χ2v) is 6.49. The van der Waals surface area contributed by atoms with Crippen LogP contribution in [0, 0.1) is 6.92 Å². The van der Waals surface area contributed by atoms with Crippen molar-refractivity contribution in [2.24, 2.45) is 0 Å². The highest BCUT2D eigenvalue weighted by atomic mass is 16.5. The van der Waals surface area contributed by atoms with Crippen LogP contribution in [0.25, 0.3) is 17.0 Å². The molecule has 5 nitrogen and oxygen atoms in total. The van der Waals surface area contributed by atoms with E-state index >= 15 is 0 Å². The maximum Gasteiger partial charge on any atom is 0.308 e. The predicted octanol–water partition coefficient (Wildman–Crippen LogP) is 4.51. The number of aryl methyl sites for hydroxylation is 1. The molecule has 4 rings (SSSR count). The van der Waals surface area contributed by atoms with Crippen molar-refractivity contribution >= 4 is 28.7 Å². The first-order valence-electron chi connectivity index (χ1n) is 8.83. The lowest BCUT2D eigenvalue weighted by atomic mass is 10.1. The fraction of sp³-hybridized carbons (Fsp3) is 0.182. The van der Waals surface area contributed by atoms with Crippen LogP contribution in [-0.2, 0) is 11.3 Å². The molecule has 1 aliphatic rings. The van der Waals surface area contributed by atoms with Crippen LogP contribution in [0.5, 0.6) is 11.5 Å². The lowest BCUT2D eigenvalue weighted by Crippen LogP contribution is -2.03. The number of ketones is 1. The number of carbonyl (C=O) groups excluding carboxylic acids is 2. The molecule has 0 radical (unpaired) electrons. The molecule has 1 aliphatic heterocycles. The molecular weight excluding hydrogens is 342 g/mol. The Hall–Kier alpha value is -3.34. The fourth-order valence-corrected chi connectivity index (χ4v) is 3.43. The molecular formula is C22H19NO4. The molecule has 1 aromatic heterocycles. The number of fused-ring (bicyclic) bond motifs is 2. The number of carbonyl (C=O) groups is 2. The van der Waals surface area contributed by atoms with Gasteiger partial charge in [0, 0.05) is 41.7 Å². The third kappa shape index (κ3) is 2.81. The van der Waals surface area contributed by atoms with Crippen LogP contribution >= 0.6 is 0 Å². The van der Waals surface area contributed by atoms with Crippen LogP contribution in [-0.4, -0.2) is 16.3 Å². The van der Waals surface area contributed by atoms with Crippen LogP contribution in [0.2, 0.25) is 0 Å². The van der Waals surface area contributed by atoms with E-state index in [2.05, 4.69) is 17.6 Å². The highest BCUT2D eigenvalue weighted by Gasteiger charge is 2.30. The second kappa shape index (κ2) is 6.43. The van der Waals surface area contributed by atoms with E-state index < -0.39 is 5.97 Å². The number of allylic oxidation sites excluding steroid dienone is 1. The summed E-state index contributed by atoms with van der Waals surface area (Å²) in [6.45, 7) is 6.03. The molecule has 0 unspecified atom stereocenters. The second-order valence-electron chi connectivity index (χ2n) is 6.49. The van der Waals surface area contributed by atoms with E-state index in [-0.39, 0.29) is 11.5 Å². The van der Waals surface area contributed by atoms with Crippen LogP contribution in [0.1, 0.15) is 35.3 Å². The minimum atomic E-state index is -0.412. The first-order valence-corrected chi connectivity index (χ1v) is 8.83. The number of aromatic nitrogens is 1. The van der Waals surface area contributed by atoms with E-state index in [4.69, 9.17) is 9.47 Å². The third-order valence-corrected chi connectivity index (χ3v) is 4.74. The Bertz CT molecular complexity index is 1120. The van der Waals surface area contributed by atoms with Crippen molar-refractivity contribution in [2.45, 2.75) is 27.3 Å². The Balaban J connectivity index is 1.77. The fourth-order valence-electron chi connectivity index (χ4n) is 3.43. The molecule has 0 saturated heterocycles. The topological polar surface area (TPSA) is 57.5 Å². The van der Waals surface area contributed by atoms with Gasteiger partial charge in [-0.2, -0.15) is 0 Å². The van der Waals surface area contributed by atoms with Gasteiger partial charge in [0.2, 0.25) is 5.78 Å². The first kappa shape index (κ1) is 17.1. The monoisotopic (exact) mass is 361 g/mol. The minimum absolute atomic E-state index is 0.171. The van der Waals surface area contributed by atoms with Gasteiger partial charge in [0.25, 0.3) is 0 Å². The Morgan fingerprint density at radius 2 is 2.00 bits per heavy atom. The normalized spacial score (nSPS) is 14.5. The zero-order valence-corrected chi connectivity index (χ0v) is 15.4. The molecule has 3 aromatic rings. The largest absolute Gasteiger partial charge is 0.452 e. The van der Waals surface area contributed by atoms with E-state index in [1.807, 2.05) is 24.4 Å². The van der Waals surface area contributed by atoms with E-state index in [0.717, 1.165) is 23.0 Å². The summed E-state index contributed by atoms with van der Waals surface area (Å²) in [6.07, 6.45) is 3.80. The van der Waals surface area contributed by atoms with Crippen molar-refractivity contribution in [3.05, 3.63) is 65.0 Å². The molecule has 5 heteroatoms. The molecule has 0 spiro atoms. The Kier molecular flexibility index (Phi) is 4.07. The molecule has 0 amide bonds. The minimum Gasteiger partial charge on any atom is -0.452 e. The number of rotatable bonds is 3. The number of Topliss-reactive ketones (excluding diaryl/α,β-unsaturated/α-hetero) is 1. The van der Waals surface area contributed by atoms with E-state index in [1.165, 1.54) is 6.92 Å². The van der Waals surface area contributed by atoms with Crippen molar-refractivity contribution in [2.75, 3.05) is 0 Å². The van der Waals surface area contributed by atoms with Gasteiger partial charge in [-0.05, 0) is 38.1 Å². The zero-order valence-electron chi connectivity index (χ0n) is 15.4.